The molecule has 1 aliphatic rings. The Morgan fingerprint density at radius 1 is 1.43 bits per heavy atom. The summed E-state index contributed by atoms with van der Waals surface area (Å²) < 4.78 is 0. The third-order valence-corrected chi connectivity index (χ3v) is 4.58. The molecular weight excluding hydrogens is 290 g/mol. The first-order valence-electron chi connectivity index (χ1n) is 7.07. The molecule has 2 N–H and O–H groups in total. The molecule has 21 heavy (non-hydrogen) atoms. The van der Waals surface area contributed by atoms with Crippen LogP contribution in [-0.4, -0.2) is 46.0 Å². The third-order valence-electron chi connectivity index (χ3n) is 3.81. The second-order valence-electron chi connectivity index (χ2n) is 5.87. The number of amides is 1. The van der Waals surface area contributed by atoms with Crippen molar-refractivity contribution in [3.05, 3.63) is 11.1 Å². The molecule has 1 fully saturated rings. The van der Waals surface area contributed by atoms with E-state index in [-0.39, 0.29) is 11.9 Å². The Hall–Kier alpha value is -1.63. The molecule has 1 unspecified atom stereocenters. The summed E-state index contributed by atoms with van der Waals surface area (Å²) in [5.74, 6) is -0.845. The summed E-state index contributed by atoms with van der Waals surface area (Å²) in [6.07, 6.45) is 2.12. The predicted molar refractivity (Wildman–Crippen MR) is 81.7 cm³/mol. The average molecular weight is 311 g/mol. The van der Waals surface area contributed by atoms with Crippen LogP contribution < -0.4 is 5.32 Å². The molecule has 1 amide bonds. The molecule has 116 valence electrons. The minimum absolute atomic E-state index is 0.0711. The van der Waals surface area contributed by atoms with Crippen molar-refractivity contribution in [1.29, 1.82) is 0 Å². The highest BCUT2D eigenvalue weighted by Gasteiger charge is 2.32. The molecule has 1 saturated heterocycles. The summed E-state index contributed by atoms with van der Waals surface area (Å²) >= 11 is 1.33. The van der Waals surface area contributed by atoms with Crippen molar-refractivity contribution in [2.45, 2.75) is 45.1 Å². The van der Waals surface area contributed by atoms with E-state index in [1.165, 1.54) is 11.3 Å². The molecular formula is C14H21N3O3S. The van der Waals surface area contributed by atoms with E-state index in [4.69, 9.17) is 0 Å². The van der Waals surface area contributed by atoms with Crippen molar-refractivity contribution in [2.24, 2.45) is 0 Å². The molecule has 1 aromatic rings. The standard InChI is InChI=1S/C14H21N3O3S/c1-9(11(18)17-6-4-5-7-17)15-13-16-10(8-21-13)14(2,3)12(19)20/h8-9H,4-7H2,1-3H3,(H,15,16)(H,19,20). The normalized spacial score (nSPS) is 16.8. The number of carboxylic acid groups (broad SMARTS) is 1. The van der Waals surface area contributed by atoms with Gasteiger partial charge in [-0.15, -0.1) is 11.3 Å². The highest BCUT2D eigenvalue weighted by Crippen LogP contribution is 2.27. The minimum atomic E-state index is -1.03. The Balaban J connectivity index is 2.02. The van der Waals surface area contributed by atoms with E-state index in [2.05, 4.69) is 10.3 Å². The van der Waals surface area contributed by atoms with E-state index in [0.29, 0.717) is 10.8 Å². The van der Waals surface area contributed by atoms with E-state index in [0.717, 1.165) is 25.9 Å². The lowest BCUT2D eigenvalue weighted by Crippen LogP contribution is -2.39. The lowest BCUT2D eigenvalue weighted by atomic mass is 9.90. The molecule has 0 spiro atoms. The first-order chi connectivity index (χ1) is 9.82. The van der Waals surface area contributed by atoms with Crippen molar-refractivity contribution in [2.75, 3.05) is 18.4 Å². The monoisotopic (exact) mass is 311 g/mol. The largest absolute Gasteiger partial charge is 0.481 e. The first kappa shape index (κ1) is 15.8. The molecule has 0 saturated carbocycles. The molecule has 1 aliphatic heterocycles. The van der Waals surface area contributed by atoms with Crippen molar-refractivity contribution in [3.63, 3.8) is 0 Å². The van der Waals surface area contributed by atoms with Crippen LogP contribution in [0.5, 0.6) is 0 Å². The van der Waals surface area contributed by atoms with E-state index in [1.54, 1.807) is 19.2 Å². The molecule has 2 heterocycles. The fourth-order valence-corrected chi connectivity index (χ4v) is 3.16. The van der Waals surface area contributed by atoms with E-state index in [9.17, 15) is 14.7 Å². The van der Waals surface area contributed by atoms with Gasteiger partial charge < -0.3 is 15.3 Å². The van der Waals surface area contributed by atoms with Crippen LogP contribution in [-0.2, 0) is 15.0 Å². The number of rotatable bonds is 5. The second kappa shape index (κ2) is 6.01. The number of anilines is 1. The molecule has 1 atom stereocenters. The van der Waals surface area contributed by atoms with Crippen molar-refractivity contribution >= 4 is 28.3 Å². The zero-order valence-corrected chi connectivity index (χ0v) is 13.4. The lowest BCUT2D eigenvalue weighted by Gasteiger charge is -2.21. The van der Waals surface area contributed by atoms with Gasteiger partial charge in [-0.05, 0) is 33.6 Å². The van der Waals surface area contributed by atoms with Gasteiger partial charge in [0.15, 0.2) is 5.13 Å². The molecule has 7 heteroatoms. The summed E-state index contributed by atoms with van der Waals surface area (Å²) in [5, 5.41) is 14.6. The van der Waals surface area contributed by atoms with Crippen molar-refractivity contribution in [3.8, 4) is 0 Å². The summed E-state index contributed by atoms with van der Waals surface area (Å²) in [5.41, 5.74) is -0.526. The van der Waals surface area contributed by atoms with Gasteiger partial charge >= 0.3 is 5.97 Å². The Labute approximate surface area is 128 Å². The number of nitrogens with one attached hydrogen (secondary N) is 1. The number of aromatic nitrogens is 1. The van der Waals surface area contributed by atoms with Gasteiger partial charge in [0.25, 0.3) is 0 Å². The van der Waals surface area contributed by atoms with Gasteiger partial charge in [0.05, 0.1) is 5.69 Å². The highest BCUT2D eigenvalue weighted by molar-refractivity contribution is 7.13. The number of hydrogen-bond acceptors (Lipinski definition) is 5. The Bertz CT molecular complexity index is 535. The number of thiazole rings is 1. The fraction of sp³-hybridized carbons (Fsp3) is 0.643. The third kappa shape index (κ3) is 3.34. The molecule has 6 nitrogen and oxygen atoms in total. The molecule has 0 aliphatic carbocycles. The Kier molecular flexibility index (Phi) is 4.51. The first-order valence-corrected chi connectivity index (χ1v) is 7.95. The van der Waals surface area contributed by atoms with Gasteiger partial charge in [0, 0.05) is 18.5 Å². The van der Waals surface area contributed by atoms with Crippen LogP contribution in [0.2, 0.25) is 0 Å². The number of carbonyl (C=O) groups excluding carboxylic acids is 1. The van der Waals surface area contributed by atoms with Crippen LogP contribution in [0.25, 0.3) is 0 Å². The van der Waals surface area contributed by atoms with Crippen LogP contribution in [0.1, 0.15) is 39.3 Å². The van der Waals surface area contributed by atoms with Gasteiger partial charge in [-0.2, -0.15) is 0 Å². The Morgan fingerprint density at radius 2 is 2.05 bits per heavy atom. The summed E-state index contributed by atoms with van der Waals surface area (Å²) in [6, 6.07) is -0.352. The van der Waals surface area contributed by atoms with E-state index < -0.39 is 11.4 Å². The number of likely N-dealkylation sites (tertiary alicyclic amines) is 1. The number of carbonyl (C=O) groups is 2. The van der Waals surface area contributed by atoms with E-state index >= 15 is 0 Å². The number of hydrogen-bond donors (Lipinski definition) is 2. The number of carboxylic acids is 1. The SMILES string of the molecule is CC(Nc1nc(C(C)(C)C(=O)O)cs1)C(=O)N1CCCC1. The van der Waals surface area contributed by atoms with Crippen molar-refractivity contribution in [1.82, 2.24) is 9.88 Å². The summed E-state index contributed by atoms with van der Waals surface area (Å²) in [4.78, 5) is 29.6. The van der Waals surface area contributed by atoms with Gasteiger partial charge in [-0.1, -0.05) is 0 Å². The minimum Gasteiger partial charge on any atom is -0.481 e. The quantitative estimate of drug-likeness (QED) is 0.868. The number of nitrogens with zero attached hydrogens (tertiary/aromatic N) is 2. The summed E-state index contributed by atoms with van der Waals surface area (Å²) in [6.45, 7) is 6.68. The van der Waals surface area contributed by atoms with Crippen molar-refractivity contribution < 1.29 is 14.7 Å². The smallest absolute Gasteiger partial charge is 0.315 e. The van der Waals surface area contributed by atoms with E-state index in [1.807, 2.05) is 11.8 Å². The average Bonchev–Trinajstić information content (AvgIpc) is 3.08. The van der Waals surface area contributed by atoms with Crippen LogP contribution in [0.4, 0.5) is 5.13 Å². The van der Waals surface area contributed by atoms with Gasteiger partial charge in [-0.25, -0.2) is 4.98 Å². The number of aliphatic carboxylic acids is 1. The van der Waals surface area contributed by atoms with Gasteiger partial charge in [0.1, 0.15) is 11.5 Å². The summed E-state index contributed by atoms with van der Waals surface area (Å²) in [7, 11) is 0. The maximum absolute atomic E-state index is 12.2. The van der Waals surface area contributed by atoms with Crippen LogP contribution in [0.15, 0.2) is 5.38 Å². The molecule has 0 radical (unpaired) electrons. The van der Waals surface area contributed by atoms with Gasteiger partial charge in [0.2, 0.25) is 5.91 Å². The zero-order valence-electron chi connectivity index (χ0n) is 12.5. The maximum Gasteiger partial charge on any atom is 0.315 e. The zero-order chi connectivity index (χ0) is 15.6. The van der Waals surface area contributed by atoms with Crippen LogP contribution >= 0.6 is 11.3 Å². The van der Waals surface area contributed by atoms with Gasteiger partial charge in [-0.3, -0.25) is 9.59 Å². The second-order valence-corrected chi connectivity index (χ2v) is 6.72. The Morgan fingerprint density at radius 3 is 2.62 bits per heavy atom. The molecule has 1 aromatic heterocycles. The fourth-order valence-electron chi connectivity index (χ4n) is 2.19. The molecule has 0 aromatic carbocycles. The van der Waals surface area contributed by atoms with Crippen LogP contribution in [0, 0.1) is 0 Å². The lowest BCUT2D eigenvalue weighted by molar-refractivity contribution is -0.142. The predicted octanol–water partition coefficient (Wildman–Crippen LogP) is 1.93. The highest BCUT2D eigenvalue weighted by atomic mass is 32.1. The van der Waals surface area contributed by atoms with Crippen LogP contribution in [0.3, 0.4) is 0 Å². The topological polar surface area (TPSA) is 82.5 Å². The maximum atomic E-state index is 12.2. The molecule has 2 rings (SSSR count). The molecule has 0 bridgehead atoms.